The summed E-state index contributed by atoms with van der Waals surface area (Å²) in [5.41, 5.74) is 6.58. The highest BCUT2D eigenvalue weighted by molar-refractivity contribution is 14.0. The molecule has 2 aromatic rings. The second-order valence-corrected chi connectivity index (χ2v) is 6.26. The Morgan fingerprint density at radius 3 is 2.26 bits per heavy atom. The second kappa shape index (κ2) is 11.5. The summed E-state index contributed by atoms with van der Waals surface area (Å²) in [4.78, 5) is 4.18. The Bertz CT molecular complexity index is 783. The van der Waals surface area contributed by atoms with Crippen LogP contribution < -0.4 is 25.3 Å². The zero-order chi connectivity index (χ0) is 19.1. The minimum Gasteiger partial charge on any atom is -0.493 e. The van der Waals surface area contributed by atoms with E-state index >= 15 is 0 Å². The molecular weight excluding hydrogens is 527 g/mol. The molecule has 0 fully saturated rings. The summed E-state index contributed by atoms with van der Waals surface area (Å²) in [5, 5.41) is 4.07. The molecule has 3 N–H and O–H groups in total. The number of nitrogens with zero attached hydrogens (tertiary/aromatic N) is 1. The van der Waals surface area contributed by atoms with Gasteiger partial charge in [0.2, 0.25) is 0 Å². The fraction of sp³-hybridized carbons (Fsp3) is 0.235. The Morgan fingerprint density at radius 1 is 1.04 bits per heavy atom. The van der Waals surface area contributed by atoms with E-state index in [0.29, 0.717) is 44.5 Å². The molecule has 0 saturated carbocycles. The summed E-state index contributed by atoms with van der Waals surface area (Å²) >= 11 is 18.0. The predicted octanol–water partition coefficient (Wildman–Crippen LogP) is 5.09. The Morgan fingerprint density at radius 2 is 1.67 bits per heavy atom. The van der Waals surface area contributed by atoms with E-state index in [0.717, 1.165) is 0 Å². The topological polar surface area (TPSA) is 78.1 Å². The van der Waals surface area contributed by atoms with Gasteiger partial charge in [0.05, 0.1) is 30.8 Å². The molecule has 10 heteroatoms. The first kappa shape index (κ1) is 23.7. The van der Waals surface area contributed by atoms with Gasteiger partial charge >= 0.3 is 0 Å². The normalized spacial score (nSPS) is 10.8. The first-order chi connectivity index (χ1) is 12.4. The van der Waals surface area contributed by atoms with Crippen LogP contribution in [-0.4, -0.2) is 33.3 Å². The van der Waals surface area contributed by atoms with Gasteiger partial charge in [-0.1, -0.05) is 34.8 Å². The fourth-order valence-corrected chi connectivity index (χ4v) is 3.01. The van der Waals surface area contributed by atoms with Crippen LogP contribution in [0.1, 0.15) is 0 Å². The molecule has 0 aliphatic heterocycles. The molecule has 0 aliphatic carbocycles. The Hall–Kier alpha value is -1.29. The van der Waals surface area contributed by atoms with Crippen molar-refractivity contribution in [1.82, 2.24) is 0 Å². The smallest absolute Gasteiger partial charge is 0.193 e. The molecule has 148 valence electrons. The van der Waals surface area contributed by atoms with Gasteiger partial charge in [-0.25, -0.2) is 4.99 Å². The van der Waals surface area contributed by atoms with Gasteiger partial charge in [-0.15, -0.1) is 24.0 Å². The average molecular weight is 547 g/mol. The van der Waals surface area contributed by atoms with Gasteiger partial charge in [0.25, 0.3) is 0 Å². The van der Waals surface area contributed by atoms with E-state index in [2.05, 4.69) is 10.3 Å². The molecule has 0 saturated heterocycles. The number of halogens is 4. The molecule has 0 radical (unpaired) electrons. The van der Waals surface area contributed by atoms with Crippen molar-refractivity contribution >= 4 is 70.4 Å². The van der Waals surface area contributed by atoms with E-state index in [1.165, 1.54) is 0 Å². The van der Waals surface area contributed by atoms with Crippen LogP contribution in [0.3, 0.4) is 0 Å². The summed E-state index contributed by atoms with van der Waals surface area (Å²) in [5.74, 6) is 1.80. The molecule has 0 atom stereocenters. The molecule has 0 spiro atoms. The maximum absolute atomic E-state index is 6.05. The lowest BCUT2D eigenvalue weighted by atomic mass is 10.3. The van der Waals surface area contributed by atoms with Crippen LogP contribution in [0.4, 0.5) is 5.69 Å². The molecule has 2 aromatic carbocycles. The Labute approximate surface area is 189 Å². The Kier molecular flexibility index (Phi) is 10.1. The minimum atomic E-state index is 0. The number of methoxy groups -OCH3 is 2. The van der Waals surface area contributed by atoms with Crippen molar-refractivity contribution < 1.29 is 14.2 Å². The number of anilines is 1. The van der Waals surface area contributed by atoms with E-state index in [4.69, 9.17) is 54.7 Å². The van der Waals surface area contributed by atoms with Crippen molar-refractivity contribution in [2.45, 2.75) is 0 Å². The molecule has 0 aliphatic rings. The number of benzene rings is 2. The molecule has 0 aromatic heterocycles. The van der Waals surface area contributed by atoms with Gasteiger partial charge < -0.3 is 25.3 Å². The average Bonchev–Trinajstić information content (AvgIpc) is 2.60. The molecule has 2 rings (SSSR count). The third-order valence-corrected chi connectivity index (χ3v) is 4.02. The highest BCUT2D eigenvalue weighted by Gasteiger charge is 2.09. The lowest BCUT2D eigenvalue weighted by molar-refractivity contribution is 0.329. The summed E-state index contributed by atoms with van der Waals surface area (Å²) in [6.07, 6.45) is 0. The van der Waals surface area contributed by atoms with Gasteiger partial charge in [-0.05, 0) is 24.3 Å². The number of ether oxygens (including phenoxy) is 3. The molecule has 0 amide bonds. The maximum Gasteiger partial charge on any atom is 0.193 e. The molecule has 0 unspecified atom stereocenters. The maximum atomic E-state index is 6.05. The Balaban J connectivity index is 0.00000364. The zero-order valence-electron chi connectivity index (χ0n) is 14.6. The first-order valence-corrected chi connectivity index (χ1v) is 8.64. The lowest BCUT2D eigenvalue weighted by Gasteiger charge is -2.11. The number of hydrogen-bond donors (Lipinski definition) is 2. The van der Waals surface area contributed by atoms with Crippen molar-refractivity contribution in [3.63, 3.8) is 0 Å². The first-order valence-electron chi connectivity index (χ1n) is 7.51. The number of hydrogen-bond acceptors (Lipinski definition) is 4. The zero-order valence-corrected chi connectivity index (χ0v) is 19.2. The van der Waals surface area contributed by atoms with Crippen LogP contribution in [0.2, 0.25) is 15.1 Å². The molecular formula is C17H19Cl3IN3O3. The van der Waals surface area contributed by atoms with E-state index in [-0.39, 0.29) is 36.5 Å². The standard InChI is InChI=1S/C17H18Cl3N3O3.HI/c1-24-14-4-3-11(9-15(14)25-2)23-17(21)22-5-6-26-16-12(19)7-10(18)8-13(16)20;/h3-4,7-9H,5-6H2,1-2H3,(H3,21,22,23);1H. The van der Waals surface area contributed by atoms with Gasteiger partial charge in [0.1, 0.15) is 6.61 Å². The van der Waals surface area contributed by atoms with Crippen LogP contribution in [0.15, 0.2) is 35.3 Å². The number of nitrogens with one attached hydrogen (secondary N) is 1. The quantitative estimate of drug-likeness (QED) is 0.219. The second-order valence-electron chi connectivity index (χ2n) is 5.01. The van der Waals surface area contributed by atoms with Crippen LogP contribution in [-0.2, 0) is 0 Å². The monoisotopic (exact) mass is 545 g/mol. The van der Waals surface area contributed by atoms with Crippen molar-refractivity contribution in [2.24, 2.45) is 10.7 Å². The minimum absolute atomic E-state index is 0. The van der Waals surface area contributed by atoms with Crippen LogP contribution in [0, 0.1) is 0 Å². The van der Waals surface area contributed by atoms with Gasteiger partial charge in [0.15, 0.2) is 23.2 Å². The molecule has 6 nitrogen and oxygen atoms in total. The summed E-state index contributed by atoms with van der Waals surface area (Å²) < 4.78 is 16.0. The fourth-order valence-electron chi connectivity index (χ4n) is 2.08. The number of guanidine groups is 1. The number of aliphatic imine (C=N–C) groups is 1. The van der Waals surface area contributed by atoms with E-state index in [1.807, 2.05) is 0 Å². The lowest BCUT2D eigenvalue weighted by Crippen LogP contribution is -2.23. The highest BCUT2D eigenvalue weighted by atomic mass is 127. The van der Waals surface area contributed by atoms with E-state index in [9.17, 15) is 0 Å². The highest BCUT2D eigenvalue weighted by Crippen LogP contribution is 2.35. The van der Waals surface area contributed by atoms with Crippen LogP contribution >= 0.6 is 58.8 Å². The molecule has 27 heavy (non-hydrogen) atoms. The summed E-state index contributed by atoms with van der Waals surface area (Å²) in [7, 11) is 3.13. The molecule has 0 heterocycles. The molecule has 0 bridgehead atoms. The third kappa shape index (κ3) is 6.99. The van der Waals surface area contributed by atoms with E-state index < -0.39 is 0 Å². The summed E-state index contributed by atoms with van der Waals surface area (Å²) in [6.45, 7) is 0.552. The van der Waals surface area contributed by atoms with Gasteiger partial charge in [-0.3, -0.25) is 0 Å². The van der Waals surface area contributed by atoms with Gasteiger partial charge in [0, 0.05) is 16.8 Å². The van der Waals surface area contributed by atoms with Crippen LogP contribution in [0.5, 0.6) is 17.2 Å². The van der Waals surface area contributed by atoms with Gasteiger partial charge in [-0.2, -0.15) is 0 Å². The van der Waals surface area contributed by atoms with Crippen molar-refractivity contribution in [3.05, 3.63) is 45.4 Å². The SMILES string of the molecule is COc1ccc(NC(N)=NCCOc2c(Cl)cc(Cl)cc2Cl)cc1OC.I. The third-order valence-electron chi connectivity index (χ3n) is 3.24. The van der Waals surface area contributed by atoms with Crippen LogP contribution in [0.25, 0.3) is 0 Å². The van der Waals surface area contributed by atoms with Crippen molar-refractivity contribution in [1.29, 1.82) is 0 Å². The summed E-state index contributed by atoms with van der Waals surface area (Å²) in [6, 6.07) is 8.43. The van der Waals surface area contributed by atoms with Crippen molar-refractivity contribution in [3.8, 4) is 17.2 Å². The van der Waals surface area contributed by atoms with Crippen molar-refractivity contribution in [2.75, 3.05) is 32.7 Å². The van der Waals surface area contributed by atoms with E-state index in [1.54, 1.807) is 44.6 Å². The largest absolute Gasteiger partial charge is 0.493 e. The predicted molar refractivity (Wildman–Crippen MR) is 122 cm³/mol. The number of rotatable bonds is 7. The number of nitrogens with two attached hydrogens (primary N) is 1.